The summed E-state index contributed by atoms with van der Waals surface area (Å²) in [5.74, 6) is -1.68. The van der Waals surface area contributed by atoms with E-state index in [-0.39, 0.29) is 17.9 Å². The van der Waals surface area contributed by atoms with Crippen LogP contribution in [0.2, 0.25) is 0 Å². The van der Waals surface area contributed by atoms with Crippen LogP contribution in [0, 0.1) is 0 Å². The molecule has 1 saturated heterocycles. The fraction of sp³-hybridized carbons (Fsp3) is 0.273. The first-order valence-corrected chi connectivity index (χ1v) is 9.10. The van der Waals surface area contributed by atoms with E-state index in [9.17, 15) is 19.8 Å². The number of likely N-dealkylation sites (tertiary alicyclic amines) is 1. The number of aliphatic hydroxyl groups is 2. The van der Waals surface area contributed by atoms with Gasteiger partial charge >= 0.3 is 0 Å². The summed E-state index contributed by atoms with van der Waals surface area (Å²) in [6.45, 7) is 1.55. The van der Waals surface area contributed by atoms with Gasteiger partial charge in [0.05, 0.1) is 17.7 Å². The van der Waals surface area contributed by atoms with Crippen LogP contribution in [0.3, 0.4) is 0 Å². The predicted octanol–water partition coefficient (Wildman–Crippen LogP) is 2.56. The third-order valence-electron chi connectivity index (χ3n) is 4.77. The maximum Gasteiger partial charge on any atom is 0.295 e. The van der Waals surface area contributed by atoms with Gasteiger partial charge in [0.2, 0.25) is 0 Å². The number of rotatable bonds is 5. The Morgan fingerprint density at radius 1 is 1.07 bits per heavy atom. The van der Waals surface area contributed by atoms with Gasteiger partial charge in [0.25, 0.3) is 11.7 Å². The summed E-state index contributed by atoms with van der Waals surface area (Å²) in [7, 11) is 3.84. The maximum absolute atomic E-state index is 12.8. The topological polar surface area (TPSA) is 81.1 Å². The van der Waals surface area contributed by atoms with E-state index in [4.69, 9.17) is 0 Å². The number of hydrogen-bond acceptors (Lipinski definition) is 5. The molecule has 2 aromatic rings. The largest absolute Gasteiger partial charge is 0.507 e. The van der Waals surface area contributed by atoms with Gasteiger partial charge in [-0.2, -0.15) is 0 Å². The molecule has 3 rings (SSSR count). The lowest BCUT2D eigenvalue weighted by molar-refractivity contribution is -0.140. The first kappa shape index (κ1) is 19.6. The lowest BCUT2D eigenvalue weighted by Gasteiger charge is -2.26. The number of Topliss-reactive ketones (excluding diaryl/α,β-unsaturated/α-hetero) is 1. The highest BCUT2D eigenvalue weighted by Crippen LogP contribution is 2.39. The lowest BCUT2D eigenvalue weighted by atomic mass is 9.95. The average Bonchev–Trinajstić information content (AvgIpc) is 2.92. The van der Waals surface area contributed by atoms with Crippen LogP contribution >= 0.6 is 0 Å². The van der Waals surface area contributed by atoms with E-state index in [1.54, 1.807) is 37.3 Å². The van der Waals surface area contributed by atoms with Crippen molar-refractivity contribution in [1.29, 1.82) is 0 Å². The molecule has 1 fully saturated rings. The van der Waals surface area contributed by atoms with Crippen molar-refractivity contribution in [3.63, 3.8) is 0 Å². The molecule has 6 heteroatoms. The Bertz CT molecular complexity index is 902. The van der Waals surface area contributed by atoms with Crippen molar-refractivity contribution in [2.75, 3.05) is 25.5 Å². The van der Waals surface area contributed by atoms with Gasteiger partial charge in [-0.1, -0.05) is 42.5 Å². The number of benzene rings is 2. The zero-order valence-electron chi connectivity index (χ0n) is 16.2. The minimum atomic E-state index is -0.807. The van der Waals surface area contributed by atoms with Crippen LogP contribution in [0.25, 0.3) is 5.76 Å². The summed E-state index contributed by atoms with van der Waals surface area (Å²) < 4.78 is 0. The van der Waals surface area contributed by atoms with Gasteiger partial charge < -0.3 is 20.0 Å². The van der Waals surface area contributed by atoms with Gasteiger partial charge in [0, 0.05) is 31.9 Å². The van der Waals surface area contributed by atoms with Gasteiger partial charge in [0.1, 0.15) is 5.76 Å². The number of carbonyl (C=O) groups is 2. The zero-order valence-corrected chi connectivity index (χ0v) is 16.2. The van der Waals surface area contributed by atoms with Crippen molar-refractivity contribution in [1.82, 2.24) is 4.90 Å². The first-order chi connectivity index (χ1) is 13.3. The second-order valence-corrected chi connectivity index (χ2v) is 7.15. The molecule has 146 valence electrons. The normalized spacial score (nSPS) is 19.7. The van der Waals surface area contributed by atoms with Crippen molar-refractivity contribution in [2.24, 2.45) is 0 Å². The summed E-state index contributed by atoms with van der Waals surface area (Å²) in [4.78, 5) is 28.7. The number of amides is 1. The van der Waals surface area contributed by atoms with E-state index >= 15 is 0 Å². The van der Waals surface area contributed by atoms with Crippen LogP contribution in [0.5, 0.6) is 0 Å². The second-order valence-electron chi connectivity index (χ2n) is 7.15. The molecule has 0 aromatic heterocycles. The Labute approximate surface area is 164 Å². The Morgan fingerprint density at radius 2 is 1.68 bits per heavy atom. The summed E-state index contributed by atoms with van der Waals surface area (Å²) in [5.41, 5.74) is 2.17. The van der Waals surface area contributed by atoms with Crippen LogP contribution in [0.4, 0.5) is 5.69 Å². The van der Waals surface area contributed by atoms with Gasteiger partial charge in [0.15, 0.2) is 0 Å². The molecule has 0 bridgehead atoms. The van der Waals surface area contributed by atoms with E-state index in [1.165, 1.54) is 4.90 Å². The van der Waals surface area contributed by atoms with Gasteiger partial charge in [-0.25, -0.2) is 0 Å². The smallest absolute Gasteiger partial charge is 0.295 e. The minimum Gasteiger partial charge on any atom is -0.507 e. The Kier molecular flexibility index (Phi) is 5.51. The third kappa shape index (κ3) is 3.64. The SMILES string of the molecule is CC(O)CN1C(=O)C(=O)/C(=C(\O)c2ccccc2)C1c1ccc(N(C)C)cc1. The van der Waals surface area contributed by atoms with Crippen molar-refractivity contribution in [3.8, 4) is 0 Å². The maximum atomic E-state index is 12.8. The van der Waals surface area contributed by atoms with Crippen molar-refractivity contribution >= 4 is 23.1 Å². The van der Waals surface area contributed by atoms with Crippen LogP contribution in [0.1, 0.15) is 24.1 Å². The standard InChI is InChI=1S/C22H24N2O4/c1-14(25)13-24-19(15-9-11-17(12-10-15)23(2)3)18(21(27)22(24)28)20(26)16-7-5-4-6-8-16/h4-12,14,19,25-26H,13H2,1-3H3/b20-18-. The quantitative estimate of drug-likeness (QED) is 0.473. The molecule has 0 saturated carbocycles. The van der Waals surface area contributed by atoms with E-state index in [1.807, 2.05) is 43.3 Å². The van der Waals surface area contributed by atoms with E-state index in [0.29, 0.717) is 11.1 Å². The zero-order chi connectivity index (χ0) is 20.4. The average molecular weight is 380 g/mol. The number of anilines is 1. The lowest BCUT2D eigenvalue weighted by Crippen LogP contribution is -2.35. The number of ketones is 1. The summed E-state index contributed by atoms with van der Waals surface area (Å²) >= 11 is 0. The fourth-order valence-corrected chi connectivity index (χ4v) is 3.41. The number of nitrogens with zero attached hydrogens (tertiary/aromatic N) is 2. The highest BCUT2D eigenvalue weighted by molar-refractivity contribution is 6.46. The van der Waals surface area contributed by atoms with Gasteiger partial charge in [-0.15, -0.1) is 0 Å². The molecular formula is C22H24N2O4. The van der Waals surface area contributed by atoms with Crippen LogP contribution < -0.4 is 4.90 Å². The molecule has 1 heterocycles. The molecule has 1 aliphatic heterocycles. The first-order valence-electron chi connectivity index (χ1n) is 9.10. The number of aliphatic hydroxyl groups excluding tert-OH is 2. The van der Waals surface area contributed by atoms with Gasteiger partial charge in [-0.3, -0.25) is 9.59 Å². The molecule has 1 amide bonds. The molecule has 1 aliphatic rings. The molecule has 2 atom stereocenters. The molecule has 0 radical (unpaired) electrons. The molecule has 0 spiro atoms. The number of β-amino-alcohol motifs (C(OH)–C–C–N with tert-alkyl or cyclic N) is 1. The van der Waals surface area contributed by atoms with Crippen LogP contribution in [-0.4, -0.2) is 53.5 Å². The van der Waals surface area contributed by atoms with Crippen LogP contribution in [-0.2, 0) is 9.59 Å². The second kappa shape index (κ2) is 7.86. The Balaban J connectivity index is 2.15. The predicted molar refractivity (Wildman–Crippen MR) is 108 cm³/mol. The molecule has 2 unspecified atom stereocenters. The highest BCUT2D eigenvalue weighted by Gasteiger charge is 2.46. The highest BCUT2D eigenvalue weighted by atomic mass is 16.3. The van der Waals surface area contributed by atoms with E-state index in [0.717, 1.165) is 5.69 Å². The number of carbonyl (C=O) groups excluding carboxylic acids is 2. The fourth-order valence-electron chi connectivity index (χ4n) is 3.41. The Morgan fingerprint density at radius 3 is 2.21 bits per heavy atom. The van der Waals surface area contributed by atoms with Crippen molar-refractivity contribution in [3.05, 3.63) is 71.3 Å². The molecule has 6 nitrogen and oxygen atoms in total. The molecule has 2 aromatic carbocycles. The molecule has 2 N–H and O–H groups in total. The number of hydrogen-bond donors (Lipinski definition) is 2. The van der Waals surface area contributed by atoms with E-state index < -0.39 is 23.8 Å². The summed E-state index contributed by atoms with van der Waals surface area (Å²) in [5, 5.41) is 20.7. The minimum absolute atomic E-state index is 0.00373. The monoisotopic (exact) mass is 380 g/mol. The molecular weight excluding hydrogens is 356 g/mol. The molecule has 28 heavy (non-hydrogen) atoms. The van der Waals surface area contributed by atoms with Crippen molar-refractivity contribution < 1.29 is 19.8 Å². The van der Waals surface area contributed by atoms with Crippen molar-refractivity contribution in [2.45, 2.75) is 19.1 Å². The summed E-state index contributed by atoms with van der Waals surface area (Å²) in [6.07, 6.45) is -0.807. The van der Waals surface area contributed by atoms with E-state index in [2.05, 4.69) is 0 Å². The summed E-state index contributed by atoms with van der Waals surface area (Å²) in [6, 6.07) is 15.4. The van der Waals surface area contributed by atoms with Crippen LogP contribution in [0.15, 0.2) is 60.2 Å². The molecule has 0 aliphatic carbocycles. The Hall–Kier alpha value is -3.12. The third-order valence-corrected chi connectivity index (χ3v) is 4.77. The van der Waals surface area contributed by atoms with Gasteiger partial charge in [-0.05, 0) is 24.6 Å².